The largest absolute Gasteiger partial charge is 0.733 e. The smallest absolute Gasteiger partial charge is 0.241 e. The standard InChI is InChI=1S/C22H20N3O4/c1-28-19-10-7-16(8-11-19)14-24-21-12-9-18(25(26)27)13-20(21)22(23-24)29-15-17-5-3-2-4-6-17/h2-13,26H,14-15H2,1H3/q-1. The van der Waals surface area contributed by atoms with Crippen LogP contribution in [-0.4, -0.2) is 22.1 Å². The molecule has 0 saturated carbocycles. The first-order valence-electron chi connectivity index (χ1n) is 9.10. The van der Waals surface area contributed by atoms with Crippen LogP contribution in [0.4, 0.5) is 5.69 Å². The Bertz CT molecular complexity index is 1090. The molecule has 1 N–H and O–H groups in total. The molecule has 0 aliphatic heterocycles. The number of fused-ring (bicyclic) bond motifs is 1. The van der Waals surface area contributed by atoms with Crippen LogP contribution in [0.25, 0.3) is 10.9 Å². The first kappa shape index (κ1) is 18.8. The summed E-state index contributed by atoms with van der Waals surface area (Å²) in [5, 5.41) is 25.7. The predicted octanol–water partition coefficient (Wildman–Crippen LogP) is 4.37. The van der Waals surface area contributed by atoms with Crippen LogP contribution in [0.2, 0.25) is 0 Å². The van der Waals surface area contributed by atoms with E-state index < -0.39 is 0 Å². The highest BCUT2D eigenvalue weighted by atomic mass is 16.8. The van der Waals surface area contributed by atoms with Crippen molar-refractivity contribution >= 4 is 16.6 Å². The number of rotatable bonds is 7. The van der Waals surface area contributed by atoms with Crippen molar-refractivity contribution in [3.05, 3.63) is 89.1 Å². The van der Waals surface area contributed by atoms with Crippen LogP contribution in [0.1, 0.15) is 11.1 Å². The highest BCUT2D eigenvalue weighted by Crippen LogP contribution is 2.30. The summed E-state index contributed by atoms with van der Waals surface area (Å²) >= 11 is 0. The fourth-order valence-corrected chi connectivity index (χ4v) is 3.11. The molecule has 0 unspecified atom stereocenters. The summed E-state index contributed by atoms with van der Waals surface area (Å²) in [4.78, 5) is 0. The molecule has 0 spiro atoms. The van der Waals surface area contributed by atoms with Gasteiger partial charge in [-0.1, -0.05) is 42.5 Å². The van der Waals surface area contributed by atoms with E-state index in [0.717, 1.165) is 22.4 Å². The van der Waals surface area contributed by atoms with Gasteiger partial charge in [-0.05, 0) is 41.5 Å². The van der Waals surface area contributed by atoms with Crippen molar-refractivity contribution < 1.29 is 14.7 Å². The van der Waals surface area contributed by atoms with Crippen LogP contribution in [0, 0.1) is 5.21 Å². The summed E-state index contributed by atoms with van der Waals surface area (Å²) < 4.78 is 13.0. The van der Waals surface area contributed by atoms with Crippen molar-refractivity contribution in [2.75, 3.05) is 12.3 Å². The molecular formula is C22H20N3O4-. The second kappa shape index (κ2) is 8.22. The van der Waals surface area contributed by atoms with Gasteiger partial charge in [0.15, 0.2) is 0 Å². The van der Waals surface area contributed by atoms with Crippen LogP contribution >= 0.6 is 0 Å². The van der Waals surface area contributed by atoms with Crippen molar-refractivity contribution in [1.29, 1.82) is 0 Å². The molecule has 4 aromatic rings. The zero-order valence-corrected chi connectivity index (χ0v) is 15.9. The molecule has 4 rings (SSSR count). The SMILES string of the molecule is COc1ccc(Cn2nc(OCc3ccccc3)c3cc(N([O-])O)ccc32)cc1. The summed E-state index contributed by atoms with van der Waals surface area (Å²) in [6, 6.07) is 22.4. The second-order valence-electron chi connectivity index (χ2n) is 6.56. The average Bonchev–Trinajstić information content (AvgIpc) is 3.10. The number of ether oxygens (including phenoxy) is 2. The molecule has 0 aliphatic rings. The van der Waals surface area contributed by atoms with E-state index in [1.54, 1.807) is 25.3 Å². The van der Waals surface area contributed by atoms with Crippen LogP contribution in [-0.2, 0) is 13.2 Å². The van der Waals surface area contributed by atoms with Crippen LogP contribution in [0.15, 0.2) is 72.8 Å². The average molecular weight is 390 g/mol. The quantitative estimate of drug-likeness (QED) is 0.472. The van der Waals surface area contributed by atoms with Crippen molar-refractivity contribution in [3.63, 3.8) is 0 Å². The number of hydrogen-bond donors (Lipinski definition) is 1. The first-order chi connectivity index (χ1) is 14.1. The third-order valence-corrected chi connectivity index (χ3v) is 4.63. The normalized spacial score (nSPS) is 10.9. The fourth-order valence-electron chi connectivity index (χ4n) is 3.11. The van der Waals surface area contributed by atoms with Gasteiger partial charge in [0.1, 0.15) is 12.4 Å². The number of hydrogen-bond acceptors (Lipinski definition) is 6. The Morgan fingerprint density at radius 3 is 2.45 bits per heavy atom. The monoisotopic (exact) mass is 390 g/mol. The van der Waals surface area contributed by atoms with E-state index in [9.17, 15) is 10.4 Å². The van der Waals surface area contributed by atoms with Crippen molar-refractivity contribution in [2.45, 2.75) is 13.2 Å². The lowest BCUT2D eigenvalue weighted by molar-refractivity contribution is 0.293. The van der Waals surface area contributed by atoms with Gasteiger partial charge in [0.05, 0.1) is 30.2 Å². The molecule has 148 valence electrons. The zero-order valence-electron chi connectivity index (χ0n) is 15.9. The van der Waals surface area contributed by atoms with E-state index in [0.29, 0.717) is 24.4 Å². The van der Waals surface area contributed by atoms with Gasteiger partial charge in [-0.15, -0.1) is 5.10 Å². The lowest BCUT2D eigenvalue weighted by atomic mass is 10.2. The highest BCUT2D eigenvalue weighted by Gasteiger charge is 2.14. The Morgan fingerprint density at radius 2 is 1.76 bits per heavy atom. The van der Waals surface area contributed by atoms with Gasteiger partial charge in [-0.2, -0.15) is 0 Å². The van der Waals surface area contributed by atoms with Gasteiger partial charge in [0.2, 0.25) is 5.88 Å². The molecular weight excluding hydrogens is 370 g/mol. The first-order valence-corrected chi connectivity index (χ1v) is 9.10. The summed E-state index contributed by atoms with van der Waals surface area (Å²) in [6.45, 7) is 0.870. The molecule has 0 fully saturated rings. The Kier molecular flexibility index (Phi) is 5.33. The summed E-state index contributed by atoms with van der Waals surface area (Å²) in [5.41, 5.74) is 2.97. The Labute approximate surface area is 167 Å². The fraction of sp³-hybridized carbons (Fsp3) is 0.136. The molecule has 1 heterocycles. The molecule has 7 nitrogen and oxygen atoms in total. The van der Waals surface area contributed by atoms with E-state index in [4.69, 9.17) is 9.47 Å². The third-order valence-electron chi connectivity index (χ3n) is 4.63. The lowest BCUT2D eigenvalue weighted by Crippen LogP contribution is -2.06. The Hall–Kier alpha value is -3.55. The molecule has 3 aromatic carbocycles. The van der Waals surface area contributed by atoms with Crippen molar-refractivity contribution in [3.8, 4) is 11.6 Å². The molecule has 0 saturated heterocycles. The minimum absolute atomic E-state index is 0.117. The number of benzene rings is 3. The number of anilines is 1. The molecule has 0 amide bonds. The van der Waals surface area contributed by atoms with Crippen molar-refractivity contribution in [2.24, 2.45) is 0 Å². The van der Waals surface area contributed by atoms with E-state index in [1.165, 1.54) is 0 Å². The molecule has 0 atom stereocenters. The summed E-state index contributed by atoms with van der Waals surface area (Å²) in [5.74, 6) is 1.19. The molecule has 0 aliphatic carbocycles. The minimum Gasteiger partial charge on any atom is -0.733 e. The minimum atomic E-state index is -0.165. The maximum absolute atomic E-state index is 11.3. The third kappa shape index (κ3) is 4.16. The van der Waals surface area contributed by atoms with E-state index in [-0.39, 0.29) is 10.9 Å². The van der Waals surface area contributed by atoms with Crippen LogP contribution in [0.3, 0.4) is 0 Å². The lowest BCUT2D eigenvalue weighted by Gasteiger charge is -2.21. The highest BCUT2D eigenvalue weighted by molar-refractivity contribution is 5.88. The van der Waals surface area contributed by atoms with E-state index in [2.05, 4.69) is 5.10 Å². The topological polar surface area (TPSA) is 82.8 Å². The summed E-state index contributed by atoms with van der Waals surface area (Å²) in [6.07, 6.45) is 0. The van der Waals surface area contributed by atoms with E-state index >= 15 is 0 Å². The number of aromatic nitrogens is 2. The maximum Gasteiger partial charge on any atom is 0.241 e. The molecule has 0 bridgehead atoms. The number of nitrogens with zero attached hydrogens (tertiary/aromatic N) is 3. The van der Waals surface area contributed by atoms with Gasteiger partial charge in [-0.25, -0.2) is 0 Å². The van der Waals surface area contributed by atoms with Gasteiger partial charge in [0.25, 0.3) is 0 Å². The zero-order chi connectivity index (χ0) is 20.2. The van der Waals surface area contributed by atoms with Gasteiger partial charge in [-0.3, -0.25) is 9.89 Å². The van der Waals surface area contributed by atoms with Gasteiger partial charge >= 0.3 is 0 Å². The summed E-state index contributed by atoms with van der Waals surface area (Å²) in [7, 11) is 1.63. The van der Waals surface area contributed by atoms with Crippen LogP contribution < -0.4 is 14.7 Å². The van der Waals surface area contributed by atoms with Gasteiger partial charge < -0.3 is 19.9 Å². The maximum atomic E-state index is 11.3. The Morgan fingerprint density at radius 1 is 1.00 bits per heavy atom. The van der Waals surface area contributed by atoms with Gasteiger partial charge in [0, 0.05) is 0 Å². The molecule has 0 radical (unpaired) electrons. The van der Waals surface area contributed by atoms with E-state index in [1.807, 2.05) is 59.3 Å². The number of methoxy groups -OCH3 is 1. The Balaban J connectivity index is 1.67. The van der Waals surface area contributed by atoms with Crippen molar-refractivity contribution in [1.82, 2.24) is 9.78 Å². The molecule has 1 aromatic heterocycles. The second-order valence-corrected chi connectivity index (χ2v) is 6.56. The molecule has 7 heteroatoms. The van der Waals surface area contributed by atoms with Crippen LogP contribution in [0.5, 0.6) is 11.6 Å². The predicted molar refractivity (Wildman–Crippen MR) is 110 cm³/mol. The molecule has 29 heavy (non-hydrogen) atoms.